The lowest BCUT2D eigenvalue weighted by molar-refractivity contribution is 0.923. The first-order valence-electron chi connectivity index (χ1n) is 9.99. The summed E-state index contributed by atoms with van der Waals surface area (Å²) in [6.45, 7) is 10.9. The van der Waals surface area contributed by atoms with Crippen molar-refractivity contribution in [1.82, 2.24) is 4.98 Å². The summed E-state index contributed by atoms with van der Waals surface area (Å²) in [5.41, 5.74) is 11.3. The molecule has 1 heterocycles. The molecule has 4 aromatic rings. The molecule has 0 fully saturated rings. The van der Waals surface area contributed by atoms with Gasteiger partial charge in [0.15, 0.2) is 0 Å². The minimum atomic E-state index is 0.354. The maximum atomic E-state index is 4.94. The third kappa shape index (κ3) is 3.22. The molecule has 140 valence electrons. The Kier molecular flexibility index (Phi) is 4.77. The van der Waals surface area contributed by atoms with Gasteiger partial charge in [0.1, 0.15) is 0 Å². The minimum Gasteiger partial charge on any atom is -0.252 e. The summed E-state index contributed by atoms with van der Waals surface area (Å²) in [5, 5.41) is 1.25. The van der Waals surface area contributed by atoms with E-state index in [0.717, 1.165) is 11.2 Å². The van der Waals surface area contributed by atoms with Gasteiger partial charge >= 0.3 is 0 Å². The molecule has 28 heavy (non-hydrogen) atoms. The fraction of sp³-hybridized carbons (Fsp3) is 0.222. The highest BCUT2D eigenvalue weighted by Crippen LogP contribution is 2.35. The van der Waals surface area contributed by atoms with Gasteiger partial charge in [0.2, 0.25) is 0 Å². The van der Waals surface area contributed by atoms with Crippen LogP contribution in [0.5, 0.6) is 0 Å². The molecule has 0 aliphatic heterocycles. The van der Waals surface area contributed by atoms with Crippen LogP contribution < -0.4 is 0 Å². The summed E-state index contributed by atoms with van der Waals surface area (Å²) < 4.78 is 0. The predicted molar refractivity (Wildman–Crippen MR) is 120 cm³/mol. The first kappa shape index (κ1) is 18.4. The number of rotatable bonds is 3. The standard InChI is InChI=1S/C27H27N/c1-17-10-12-22(13-11-17)19(3)23-14-15-26-25(16-23)20(4)27(21(5)28-26)24-9-7-6-8-18(24)2/h6-16,19H,1-5H3. The molecule has 0 spiro atoms. The van der Waals surface area contributed by atoms with Crippen molar-refractivity contribution in [1.29, 1.82) is 0 Å². The van der Waals surface area contributed by atoms with Gasteiger partial charge in [-0.1, -0.05) is 67.1 Å². The van der Waals surface area contributed by atoms with Gasteiger partial charge in [-0.15, -0.1) is 0 Å². The fourth-order valence-corrected chi connectivity index (χ4v) is 4.16. The summed E-state index contributed by atoms with van der Waals surface area (Å²) >= 11 is 0. The van der Waals surface area contributed by atoms with E-state index in [1.165, 1.54) is 44.3 Å². The Hall–Kier alpha value is -2.93. The van der Waals surface area contributed by atoms with Gasteiger partial charge in [-0.25, -0.2) is 0 Å². The van der Waals surface area contributed by atoms with Crippen molar-refractivity contribution in [3.8, 4) is 11.1 Å². The molecule has 1 aromatic heterocycles. The van der Waals surface area contributed by atoms with E-state index in [0.29, 0.717) is 5.92 Å². The average Bonchev–Trinajstić information content (AvgIpc) is 2.69. The van der Waals surface area contributed by atoms with Crippen LogP contribution in [0.2, 0.25) is 0 Å². The van der Waals surface area contributed by atoms with Crippen molar-refractivity contribution in [3.63, 3.8) is 0 Å². The van der Waals surface area contributed by atoms with E-state index < -0.39 is 0 Å². The number of hydrogen-bond donors (Lipinski definition) is 0. The molecule has 0 radical (unpaired) electrons. The second-order valence-corrected chi connectivity index (χ2v) is 7.92. The normalized spacial score (nSPS) is 12.3. The van der Waals surface area contributed by atoms with E-state index in [4.69, 9.17) is 4.98 Å². The highest BCUT2D eigenvalue weighted by molar-refractivity contribution is 5.90. The Morgan fingerprint density at radius 1 is 0.750 bits per heavy atom. The summed E-state index contributed by atoms with van der Waals surface area (Å²) in [6, 6.07) is 24.2. The van der Waals surface area contributed by atoms with Gasteiger partial charge in [0.25, 0.3) is 0 Å². The molecule has 1 unspecified atom stereocenters. The summed E-state index contributed by atoms with van der Waals surface area (Å²) in [7, 11) is 0. The zero-order valence-electron chi connectivity index (χ0n) is 17.4. The van der Waals surface area contributed by atoms with Crippen molar-refractivity contribution in [2.24, 2.45) is 0 Å². The van der Waals surface area contributed by atoms with Crippen LogP contribution in [-0.2, 0) is 0 Å². The third-order valence-electron chi connectivity index (χ3n) is 5.94. The highest BCUT2D eigenvalue weighted by atomic mass is 14.7. The van der Waals surface area contributed by atoms with E-state index in [9.17, 15) is 0 Å². The largest absolute Gasteiger partial charge is 0.252 e. The van der Waals surface area contributed by atoms with Crippen LogP contribution in [0.3, 0.4) is 0 Å². The first-order chi connectivity index (χ1) is 13.5. The monoisotopic (exact) mass is 365 g/mol. The van der Waals surface area contributed by atoms with Gasteiger partial charge in [-0.05, 0) is 67.6 Å². The Balaban J connectivity index is 1.87. The molecule has 0 aliphatic carbocycles. The number of benzene rings is 3. The summed E-state index contributed by atoms with van der Waals surface area (Å²) in [5.74, 6) is 0.354. The Bertz CT molecular complexity index is 1150. The molecular weight excluding hydrogens is 338 g/mol. The molecule has 4 rings (SSSR count). The lowest BCUT2D eigenvalue weighted by Crippen LogP contribution is -1.99. The van der Waals surface area contributed by atoms with Crippen LogP contribution in [0.4, 0.5) is 0 Å². The van der Waals surface area contributed by atoms with Crippen molar-refractivity contribution < 1.29 is 0 Å². The van der Waals surface area contributed by atoms with E-state index in [1.54, 1.807) is 0 Å². The van der Waals surface area contributed by atoms with Crippen LogP contribution in [0, 0.1) is 27.7 Å². The van der Waals surface area contributed by atoms with Crippen LogP contribution in [0.15, 0.2) is 66.7 Å². The number of hydrogen-bond acceptors (Lipinski definition) is 1. The topological polar surface area (TPSA) is 12.9 Å². The number of aryl methyl sites for hydroxylation is 4. The molecule has 0 amide bonds. The molecule has 0 N–H and O–H groups in total. The second kappa shape index (κ2) is 7.24. The Morgan fingerprint density at radius 2 is 1.43 bits per heavy atom. The summed E-state index contributed by atoms with van der Waals surface area (Å²) in [4.78, 5) is 4.94. The Labute approximate surface area is 168 Å². The maximum Gasteiger partial charge on any atom is 0.0708 e. The SMILES string of the molecule is Cc1ccc(C(C)c2ccc3nc(C)c(-c4ccccc4C)c(C)c3c2)cc1. The van der Waals surface area contributed by atoms with Gasteiger partial charge in [-0.3, -0.25) is 4.98 Å². The highest BCUT2D eigenvalue weighted by Gasteiger charge is 2.15. The third-order valence-corrected chi connectivity index (χ3v) is 5.94. The van der Waals surface area contributed by atoms with Crippen molar-refractivity contribution in [2.45, 2.75) is 40.5 Å². The quantitative estimate of drug-likeness (QED) is 0.371. The van der Waals surface area contributed by atoms with Crippen LogP contribution in [-0.4, -0.2) is 4.98 Å². The molecule has 1 nitrogen and oxygen atoms in total. The smallest absolute Gasteiger partial charge is 0.0708 e. The van der Waals surface area contributed by atoms with E-state index in [2.05, 4.69) is 101 Å². The maximum absolute atomic E-state index is 4.94. The van der Waals surface area contributed by atoms with Crippen LogP contribution >= 0.6 is 0 Å². The molecule has 3 aromatic carbocycles. The zero-order valence-corrected chi connectivity index (χ0v) is 17.4. The van der Waals surface area contributed by atoms with E-state index in [1.807, 2.05) is 0 Å². The van der Waals surface area contributed by atoms with Crippen molar-refractivity contribution >= 4 is 10.9 Å². The molecule has 1 atom stereocenters. The molecular formula is C27H27N. The molecule has 0 bridgehead atoms. The number of aromatic nitrogens is 1. The Morgan fingerprint density at radius 3 is 2.14 bits per heavy atom. The predicted octanol–water partition coefficient (Wildman–Crippen LogP) is 7.29. The molecule has 0 saturated carbocycles. The number of pyridine rings is 1. The number of nitrogens with zero attached hydrogens (tertiary/aromatic N) is 1. The van der Waals surface area contributed by atoms with Gasteiger partial charge in [0, 0.05) is 22.6 Å². The van der Waals surface area contributed by atoms with Gasteiger partial charge in [-0.2, -0.15) is 0 Å². The average molecular weight is 366 g/mol. The van der Waals surface area contributed by atoms with Crippen molar-refractivity contribution in [3.05, 3.63) is 100 Å². The van der Waals surface area contributed by atoms with Crippen molar-refractivity contribution in [2.75, 3.05) is 0 Å². The molecule has 0 aliphatic rings. The van der Waals surface area contributed by atoms with E-state index in [-0.39, 0.29) is 0 Å². The van der Waals surface area contributed by atoms with Crippen LogP contribution in [0.1, 0.15) is 46.4 Å². The minimum absolute atomic E-state index is 0.354. The lowest BCUT2D eigenvalue weighted by Gasteiger charge is -2.17. The van der Waals surface area contributed by atoms with Gasteiger partial charge in [0.05, 0.1) is 5.52 Å². The second-order valence-electron chi connectivity index (χ2n) is 7.92. The molecule has 0 saturated heterocycles. The summed E-state index contributed by atoms with van der Waals surface area (Å²) in [6.07, 6.45) is 0. The fourth-order valence-electron chi connectivity index (χ4n) is 4.16. The van der Waals surface area contributed by atoms with Crippen LogP contribution in [0.25, 0.3) is 22.0 Å². The molecule has 1 heteroatoms. The lowest BCUT2D eigenvalue weighted by atomic mass is 9.89. The number of fused-ring (bicyclic) bond motifs is 1. The first-order valence-corrected chi connectivity index (χ1v) is 9.99. The zero-order chi connectivity index (χ0) is 19.8. The van der Waals surface area contributed by atoms with Gasteiger partial charge < -0.3 is 0 Å². The van der Waals surface area contributed by atoms with E-state index >= 15 is 0 Å².